The molecule has 0 heterocycles. The molecule has 0 saturated heterocycles. The van der Waals surface area contributed by atoms with Crippen LogP contribution in [0.3, 0.4) is 0 Å². The van der Waals surface area contributed by atoms with Gasteiger partial charge in [-0.15, -0.1) is 7.05 Å². The Morgan fingerprint density at radius 3 is 1.06 bits per heavy atom. The van der Waals surface area contributed by atoms with Crippen LogP contribution in [-0.4, -0.2) is 28.9 Å². The van der Waals surface area contributed by atoms with E-state index in [1.165, 1.54) is 12.1 Å². The van der Waals surface area contributed by atoms with Gasteiger partial charge in [-0.2, -0.15) is 0 Å². The van der Waals surface area contributed by atoms with Crippen LogP contribution < -0.4 is 4.48 Å². The van der Waals surface area contributed by atoms with E-state index in [1.54, 1.807) is 12.1 Å². The summed E-state index contributed by atoms with van der Waals surface area (Å²) in [7, 11) is 7.69. The van der Waals surface area contributed by atoms with Crippen molar-refractivity contribution in [3.63, 3.8) is 0 Å². The molecule has 0 aliphatic heterocycles. The van der Waals surface area contributed by atoms with Gasteiger partial charge >= 0.3 is 0 Å². The molecule has 3 rings (SSSR count). The third kappa shape index (κ3) is 9.57. The van der Waals surface area contributed by atoms with E-state index in [1.807, 2.05) is 14.1 Å². The largest absolute Gasteiger partial charge is 0.429 e. The van der Waals surface area contributed by atoms with Gasteiger partial charge in [-0.3, -0.25) is 30.3 Å². The molecule has 0 N–H and O–H groups in total. The zero-order valence-electron chi connectivity index (χ0n) is 17.6. The Morgan fingerprint density at radius 1 is 0.606 bits per heavy atom. The van der Waals surface area contributed by atoms with Gasteiger partial charge in [0, 0.05) is 62.6 Å². The number of hydrogen-bond acceptors (Lipinski definition) is 6. The standard InChI is InChI=1S/C9H12N2O2.2C6H4FNO2/c1-11(2,3)9-6-4-8(5-7-9)10(12)13;2*7-5-1-3-6(4-2-5)8(9)10/h4-7H,1H2,2-3H3;2*1-4H/i;2*7-1. The fourth-order valence-electron chi connectivity index (χ4n) is 2.10. The van der Waals surface area contributed by atoms with Crippen LogP contribution in [0.4, 0.5) is 31.5 Å². The van der Waals surface area contributed by atoms with Crippen molar-refractivity contribution >= 4 is 22.7 Å². The fourth-order valence-corrected chi connectivity index (χ4v) is 2.10. The maximum Gasteiger partial charge on any atom is 0.269 e. The van der Waals surface area contributed by atoms with Gasteiger partial charge in [-0.05, 0) is 24.3 Å². The van der Waals surface area contributed by atoms with Crippen LogP contribution in [0.15, 0.2) is 72.8 Å². The molecule has 0 saturated carbocycles. The van der Waals surface area contributed by atoms with Gasteiger partial charge in [-0.1, -0.05) is 0 Å². The van der Waals surface area contributed by atoms with Crippen LogP contribution in [0.25, 0.3) is 0 Å². The van der Waals surface area contributed by atoms with Crippen LogP contribution in [0.5, 0.6) is 0 Å². The predicted octanol–water partition coefficient (Wildman–Crippen LogP) is 5.42. The highest BCUT2D eigenvalue weighted by Gasteiger charge is 2.09. The van der Waals surface area contributed by atoms with Crippen molar-refractivity contribution in [2.75, 3.05) is 14.1 Å². The summed E-state index contributed by atoms with van der Waals surface area (Å²) < 4.78 is 24.7. The minimum absolute atomic E-state index is 0.0959. The maximum absolute atomic E-state index is 12.1. The molecular formula is C21H20F2N4O6. The van der Waals surface area contributed by atoms with Crippen molar-refractivity contribution in [1.29, 1.82) is 0 Å². The lowest BCUT2D eigenvalue weighted by molar-refractivity contribution is -0.385. The summed E-state index contributed by atoms with van der Waals surface area (Å²) in [4.78, 5) is 28.8. The highest BCUT2D eigenvalue weighted by atomic mass is 18.2. The highest BCUT2D eigenvalue weighted by Crippen LogP contribution is 2.21. The van der Waals surface area contributed by atoms with Crippen molar-refractivity contribution in [2.24, 2.45) is 0 Å². The predicted molar refractivity (Wildman–Crippen MR) is 118 cm³/mol. The average Bonchev–Trinajstić information content (AvgIpc) is 2.75. The summed E-state index contributed by atoms with van der Waals surface area (Å²) in [6.45, 7) is 0. The monoisotopic (exact) mass is 460 g/mol. The van der Waals surface area contributed by atoms with Gasteiger partial charge in [0.05, 0.1) is 14.8 Å². The Balaban J connectivity index is 0.000000251. The number of hydrogen-bond donors (Lipinski definition) is 0. The minimum atomic E-state index is -0.570. The van der Waals surface area contributed by atoms with Crippen LogP contribution in [0.1, 0.15) is 0 Å². The van der Waals surface area contributed by atoms with Gasteiger partial charge in [-0.25, -0.2) is 8.78 Å². The highest BCUT2D eigenvalue weighted by molar-refractivity contribution is 5.47. The molecule has 12 heteroatoms. The number of nitro groups is 3. The van der Waals surface area contributed by atoms with E-state index in [4.69, 9.17) is 0 Å². The van der Waals surface area contributed by atoms with E-state index < -0.39 is 26.4 Å². The quantitative estimate of drug-likeness (QED) is 0.221. The van der Waals surface area contributed by atoms with Gasteiger partial charge in [0.15, 0.2) is 0 Å². The molecule has 0 aromatic heterocycles. The summed E-state index contributed by atoms with van der Waals surface area (Å²) in [6.07, 6.45) is 0. The first-order valence-electron chi connectivity index (χ1n) is 9.04. The molecule has 174 valence electrons. The van der Waals surface area contributed by atoms with Crippen LogP contribution in [0, 0.1) is 49.0 Å². The van der Waals surface area contributed by atoms with E-state index >= 15 is 0 Å². The van der Waals surface area contributed by atoms with Gasteiger partial charge < -0.3 is 4.48 Å². The van der Waals surface area contributed by atoms with Crippen molar-refractivity contribution in [2.45, 2.75) is 0 Å². The Labute approximate surface area is 187 Å². The van der Waals surface area contributed by atoms with Crippen LogP contribution in [0.2, 0.25) is 0 Å². The second-order valence-electron chi connectivity index (χ2n) is 6.93. The molecular weight excluding hydrogens is 440 g/mol. The minimum Gasteiger partial charge on any atom is -0.429 e. The van der Waals surface area contributed by atoms with Crippen LogP contribution in [-0.2, 0) is 0 Å². The second kappa shape index (κ2) is 11.9. The Bertz CT molecular complexity index is 1030. The van der Waals surface area contributed by atoms with Crippen LogP contribution >= 0.6 is 0 Å². The first-order valence-corrected chi connectivity index (χ1v) is 9.04. The number of benzene rings is 3. The lowest BCUT2D eigenvalue weighted by Gasteiger charge is -2.31. The molecule has 3 aromatic carbocycles. The Kier molecular flexibility index (Phi) is 9.64. The third-order valence-corrected chi connectivity index (χ3v) is 3.83. The SMILES string of the molecule is O=[N+]([O-])c1ccc([18F])cc1.O=[N+]([O-])c1ccc([18F])cc1.[CH2-][N+](C)(C)c1ccc([N+](=O)[O-])cc1. The normalized spacial score (nSPS) is 10.1. The molecule has 0 radical (unpaired) electrons. The van der Waals surface area contributed by atoms with Gasteiger partial charge in [0.1, 0.15) is 17.3 Å². The third-order valence-electron chi connectivity index (χ3n) is 3.83. The fraction of sp³-hybridized carbons (Fsp3) is 0.0952. The van der Waals surface area contributed by atoms with Crippen molar-refractivity contribution < 1.29 is 23.6 Å². The molecule has 0 spiro atoms. The van der Waals surface area contributed by atoms with E-state index in [-0.39, 0.29) is 17.1 Å². The van der Waals surface area contributed by atoms with Crippen molar-refractivity contribution in [1.82, 2.24) is 4.48 Å². The molecule has 0 amide bonds. The van der Waals surface area contributed by atoms with E-state index in [0.717, 1.165) is 54.2 Å². The van der Waals surface area contributed by atoms with Crippen molar-refractivity contribution in [3.05, 3.63) is 122 Å². The van der Waals surface area contributed by atoms with Gasteiger partial charge in [0.25, 0.3) is 17.1 Å². The van der Waals surface area contributed by atoms with Gasteiger partial charge in [0.2, 0.25) is 0 Å². The molecule has 3 aromatic rings. The van der Waals surface area contributed by atoms with Crippen molar-refractivity contribution in [3.8, 4) is 0 Å². The zero-order chi connectivity index (χ0) is 25.2. The second-order valence-corrected chi connectivity index (χ2v) is 6.93. The first-order chi connectivity index (χ1) is 15.3. The number of halogens is 2. The summed E-state index contributed by atoms with van der Waals surface area (Å²) in [5, 5.41) is 30.3. The topological polar surface area (TPSA) is 129 Å². The molecule has 0 unspecified atom stereocenters. The van der Waals surface area contributed by atoms with E-state index in [2.05, 4.69) is 7.05 Å². The summed E-state index contributed by atoms with van der Waals surface area (Å²) >= 11 is 0. The Hall–Kier alpha value is -4.32. The summed E-state index contributed by atoms with van der Waals surface area (Å²) in [5.74, 6) is -0.934. The maximum atomic E-state index is 12.1. The van der Waals surface area contributed by atoms with E-state index in [0.29, 0.717) is 4.48 Å². The average molecular weight is 460 g/mol. The number of quaternary nitrogens is 1. The number of non-ortho nitro benzene ring substituents is 3. The van der Waals surface area contributed by atoms with E-state index in [9.17, 15) is 39.1 Å². The number of rotatable bonds is 4. The molecule has 0 bridgehead atoms. The molecule has 10 nitrogen and oxygen atoms in total. The molecule has 33 heavy (non-hydrogen) atoms. The molecule has 0 aliphatic carbocycles. The molecule has 0 aliphatic rings. The Morgan fingerprint density at radius 2 is 0.848 bits per heavy atom. The smallest absolute Gasteiger partial charge is 0.269 e. The summed E-state index contributed by atoms with van der Waals surface area (Å²) in [6, 6.07) is 15.1. The summed E-state index contributed by atoms with van der Waals surface area (Å²) in [5.41, 5.74) is 0.852. The lowest BCUT2D eigenvalue weighted by atomic mass is 10.2. The number of nitrogens with zero attached hydrogens (tertiary/aromatic N) is 4. The molecule has 0 fully saturated rings. The number of nitro benzene ring substituents is 3. The lowest BCUT2D eigenvalue weighted by Crippen LogP contribution is -2.31. The molecule has 0 atom stereocenters. The zero-order valence-corrected chi connectivity index (χ0v) is 17.6. The first kappa shape index (κ1) is 26.7.